The molecule has 0 aliphatic rings. The lowest BCUT2D eigenvalue weighted by atomic mass is 9.79. The molecule has 4 aromatic rings. The predicted octanol–water partition coefficient (Wildman–Crippen LogP) is 4.98. The first-order chi connectivity index (χ1) is 16.8. The number of fused-ring (bicyclic) bond motifs is 1. The molecule has 9 nitrogen and oxygen atoms in total. The van der Waals surface area contributed by atoms with E-state index in [0.29, 0.717) is 17.0 Å². The molecular formula is C23H23FIN7O2S. The van der Waals surface area contributed by atoms with Gasteiger partial charge in [0.25, 0.3) is 0 Å². The maximum Gasteiger partial charge on any atom is 0.307 e. The lowest BCUT2D eigenvalue weighted by Crippen LogP contribution is -2.42. The Morgan fingerprint density at radius 3 is 2.83 bits per heavy atom. The summed E-state index contributed by atoms with van der Waals surface area (Å²) in [5.41, 5.74) is 1.45. The van der Waals surface area contributed by atoms with Crippen LogP contribution >= 0.6 is 30.3 Å². The molecule has 0 radical (unpaired) electrons. The monoisotopic (exact) mass is 607 g/mol. The summed E-state index contributed by atoms with van der Waals surface area (Å²) in [6.07, 6.45) is 7.77. The third-order valence-corrected chi connectivity index (χ3v) is 7.38. The molecule has 1 N–H and O–H groups in total. The summed E-state index contributed by atoms with van der Waals surface area (Å²) >= 11 is 2.15. The number of nitrogens with zero attached hydrogens (tertiary/aromatic N) is 6. The Kier molecular flexibility index (Phi) is 7.79. The number of carbonyl (C=O) groups is 1. The van der Waals surface area contributed by atoms with Crippen LogP contribution in [-0.2, 0) is 14.9 Å². The van der Waals surface area contributed by atoms with Gasteiger partial charge in [0.15, 0.2) is 23.1 Å². The zero-order chi connectivity index (χ0) is 25.0. The van der Waals surface area contributed by atoms with Gasteiger partial charge in [-0.2, -0.15) is 0 Å². The number of hydrogen-bond donors (Lipinski definition) is 1. The van der Waals surface area contributed by atoms with Crippen LogP contribution in [0.15, 0.2) is 49.3 Å². The van der Waals surface area contributed by atoms with Crippen molar-refractivity contribution in [2.75, 3.05) is 11.9 Å². The van der Waals surface area contributed by atoms with Crippen molar-refractivity contribution in [1.29, 1.82) is 0 Å². The fourth-order valence-electron chi connectivity index (χ4n) is 3.73. The van der Waals surface area contributed by atoms with Crippen LogP contribution < -0.4 is 5.32 Å². The first-order valence-electron chi connectivity index (χ1n) is 10.8. The summed E-state index contributed by atoms with van der Waals surface area (Å²) in [4.78, 5) is 34.1. The highest BCUT2D eigenvalue weighted by Crippen LogP contribution is 2.34. The molecule has 0 spiro atoms. The van der Waals surface area contributed by atoms with E-state index >= 15 is 0 Å². The molecule has 35 heavy (non-hydrogen) atoms. The van der Waals surface area contributed by atoms with E-state index in [2.05, 4.69) is 51.4 Å². The van der Waals surface area contributed by atoms with Gasteiger partial charge < -0.3 is 10.1 Å². The summed E-state index contributed by atoms with van der Waals surface area (Å²) in [5.74, 6) is -0.748. The third kappa shape index (κ3) is 5.37. The van der Waals surface area contributed by atoms with E-state index in [1.807, 2.05) is 42.2 Å². The highest BCUT2D eigenvalue weighted by molar-refractivity contribution is 14.2. The molecule has 0 amide bonds. The van der Waals surface area contributed by atoms with Gasteiger partial charge in [-0.05, 0) is 19.1 Å². The number of esters is 1. The maximum atomic E-state index is 15.0. The van der Waals surface area contributed by atoms with Crippen LogP contribution in [0.2, 0.25) is 0 Å². The Labute approximate surface area is 218 Å². The topological polar surface area (TPSA) is 108 Å². The molecule has 4 heterocycles. The van der Waals surface area contributed by atoms with Crippen molar-refractivity contribution in [3.63, 3.8) is 0 Å². The van der Waals surface area contributed by atoms with Gasteiger partial charge in [-0.3, -0.25) is 13.8 Å². The smallest absolute Gasteiger partial charge is 0.307 e. The molecule has 4 rings (SSSR count). The molecule has 0 aromatic carbocycles. The second kappa shape index (κ2) is 10.8. The van der Waals surface area contributed by atoms with Crippen LogP contribution in [0.1, 0.15) is 32.9 Å². The number of carbonyl (C=O) groups excluding carboxylic acids is 1. The Bertz CT molecular complexity index is 1340. The van der Waals surface area contributed by atoms with Crippen LogP contribution in [0.3, 0.4) is 0 Å². The zero-order valence-electron chi connectivity index (χ0n) is 19.3. The maximum absolute atomic E-state index is 15.0. The molecule has 182 valence electrons. The Balaban J connectivity index is 1.74. The quantitative estimate of drug-likeness (QED) is 0.208. The van der Waals surface area contributed by atoms with Crippen molar-refractivity contribution in [2.24, 2.45) is 0 Å². The molecule has 4 aromatic heterocycles. The number of anilines is 1. The number of rotatable bonds is 9. The molecule has 1 unspecified atom stereocenters. The Hall–Kier alpha value is -2.87. The lowest BCUT2D eigenvalue weighted by molar-refractivity contribution is -0.143. The number of hydrogen-bond acceptors (Lipinski definition) is 9. The summed E-state index contributed by atoms with van der Waals surface area (Å²) in [5, 5.41) is 3.88. The number of pyridine rings is 1. The molecule has 0 bridgehead atoms. The first-order valence-corrected chi connectivity index (χ1v) is 14.1. The van der Waals surface area contributed by atoms with Gasteiger partial charge >= 0.3 is 5.97 Å². The van der Waals surface area contributed by atoms with E-state index < -0.39 is 23.2 Å². The Morgan fingerprint density at radius 2 is 2.11 bits per heavy atom. The number of nitrogens with one attached hydrogen (secondary N) is 1. The number of ether oxygens (including phenoxy) is 1. The lowest BCUT2D eigenvalue weighted by Gasteiger charge is -2.34. The normalized spacial score (nSPS) is 12.5. The molecule has 0 aliphatic carbocycles. The van der Waals surface area contributed by atoms with Crippen LogP contribution in [0.5, 0.6) is 0 Å². The predicted molar refractivity (Wildman–Crippen MR) is 141 cm³/mol. The molecule has 0 fully saturated rings. The van der Waals surface area contributed by atoms with Gasteiger partial charge in [0.1, 0.15) is 6.33 Å². The van der Waals surface area contributed by atoms with Gasteiger partial charge in [-0.25, -0.2) is 24.3 Å². The fraction of sp³-hybridized carbons (Fsp3) is 0.304. The average Bonchev–Trinajstić information content (AvgIpc) is 3.24. The van der Waals surface area contributed by atoms with Gasteiger partial charge in [0.2, 0.25) is 0 Å². The average molecular weight is 607 g/mol. The van der Waals surface area contributed by atoms with Crippen LogP contribution in [0.4, 0.5) is 10.2 Å². The zero-order valence-corrected chi connectivity index (χ0v) is 22.2. The largest absolute Gasteiger partial charge is 0.466 e. The van der Waals surface area contributed by atoms with Crippen molar-refractivity contribution in [2.45, 2.75) is 38.6 Å². The van der Waals surface area contributed by atoms with E-state index in [1.54, 1.807) is 19.3 Å². The fourth-order valence-corrected chi connectivity index (χ4v) is 4.98. The number of aromatic nitrogens is 6. The third-order valence-electron chi connectivity index (χ3n) is 5.68. The summed E-state index contributed by atoms with van der Waals surface area (Å²) in [6, 6.07) is 5.00. The van der Waals surface area contributed by atoms with E-state index in [0.717, 1.165) is 17.3 Å². The minimum absolute atomic E-state index is 0.00515. The van der Waals surface area contributed by atoms with Gasteiger partial charge in [-0.15, -0.1) is 0 Å². The minimum Gasteiger partial charge on any atom is -0.466 e. The highest BCUT2D eigenvalue weighted by Gasteiger charge is 2.35. The summed E-state index contributed by atoms with van der Waals surface area (Å²) in [7, 11) is 1.44. The molecule has 0 saturated carbocycles. The standard InChI is InChI=1S/C23H23FIN7O2S/c1-4-34-19(33)9-18(23(2,3)17-7-5-6-8-27-17)30-21-16(24)11-28-20(31-21)15-12-32(35-25)22-14(15)10-26-13-29-22/h5-8,10-13,18H,4,9H2,1-3H3,(H,28,30,31). The molecule has 0 aliphatic heterocycles. The van der Waals surface area contributed by atoms with Crippen molar-refractivity contribution in [3.8, 4) is 11.4 Å². The summed E-state index contributed by atoms with van der Waals surface area (Å²) < 4.78 is 22.0. The first kappa shape index (κ1) is 25.2. The van der Waals surface area contributed by atoms with E-state index in [9.17, 15) is 9.18 Å². The van der Waals surface area contributed by atoms with E-state index in [4.69, 9.17) is 4.74 Å². The summed E-state index contributed by atoms with van der Waals surface area (Å²) in [6.45, 7) is 5.88. The van der Waals surface area contributed by atoms with Crippen molar-refractivity contribution < 1.29 is 13.9 Å². The molecule has 0 saturated heterocycles. The number of halogens is 2. The molecular weight excluding hydrogens is 584 g/mol. The molecule has 12 heteroatoms. The molecule has 1 atom stereocenters. The van der Waals surface area contributed by atoms with E-state index in [1.165, 1.54) is 15.4 Å². The van der Waals surface area contributed by atoms with Crippen LogP contribution in [-0.4, -0.2) is 47.5 Å². The minimum atomic E-state index is -0.659. The van der Waals surface area contributed by atoms with Crippen molar-refractivity contribution in [3.05, 3.63) is 60.8 Å². The van der Waals surface area contributed by atoms with Gasteiger partial charge in [0.05, 0.1) is 19.2 Å². The van der Waals surface area contributed by atoms with Crippen molar-refractivity contribution in [1.82, 2.24) is 28.9 Å². The van der Waals surface area contributed by atoms with Crippen molar-refractivity contribution >= 4 is 53.1 Å². The van der Waals surface area contributed by atoms with Gasteiger partial charge in [-0.1, -0.05) is 19.9 Å². The highest BCUT2D eigenvalue weighted by atomic mass is 127. The second-order valence-corrected chi connectivity index (χ2v) is 9.94. The second-order valence-electron chi connectivity index (χ2n) is 8.23. The van der Waals surface area contributed by atoms with Crippen LogP contribution in [0.25, 0.3) is 22.4 Å². The van der Waals surface area contributed by atoms with Gasteiger partial charge in [0, 0.05) is 77.0 Å². The van der Waals surface area contributed by atoms with Crippen LogP contribution in [0, 0.1) is 5.82 Å². The van der Waals surface area contributed by atoms with E-state index in [-0.39, 0.29) is 18.8 Å². The Morgan fingerprint density at radius 1 is 1.29 bits per heavy atom. The SMILES string of the molecule is CCOC(=O)CC(Nc1nc(-c2cn(SI)c3ncncc23)ncc1F)C(C)(C)c1ccccn1.